The number of ether oxygens (including phenoxy) is 1. The number of carbonyl (C=O) groups is 1. The Hall–Kier alpha value is -3.23. The highest BCUT2D eigenvalue weighted by molar-refractivity contribution is 7.99. The molecular formula is C24H22N2O2S. The lowest BCUT2D eigenvalue weighted by Gasteiger charge is -2.12. The van der Waals surface area contributed by atoms with Gasteiger partial charge >= 0.3 is 0 Å². The van der Waals surface area contributed by atoms with E-state index in [1.54, 1.807) is 19.2 Å². The van der Waals surface area contributed by atoms with Gasteiger partial charge in [-0.1, -0.05) is 53.7 Å². The topological polar surface area (TPSA) is 62.1 Å². The molecule has 0 fully saturated rings. The quantitative estimate of drug-likeness (QED) is 0.604. The Morgan fingerprint density at radius 3 is 2.55 bits per heavy atom. The van der Waals surface area contributed by atoms with Crippen molar-refractivity contribution in [2.75, 3.05) is 13.7 Å². The van der Waals surface area contributed by atoms with E-state index in [9.17, 15) is 10.1 Å². The molecule has 3 rings (SSSR count). The van der Waals surface area contributed by atoms with Crippen LogP contribution in [0.2, 0.25) is 0 Å². The summed E-state index contributed by atoms with van der Waals surface area (Å²) in [6.07, 6.45) is 0.684. The Balaban J connectivity index is 1.71. The van der Waals surface area contributed by atoms with Crippen molar-refractivity contribution in [3.05, 3.63) is 89.0 Å². The first-order valence-corrected chi connectivity index (χ1v) is 10.1. The molecule has 3 aromatic carbocycles. The number of benzene rings is 3. The minimum absolute atomic E-state index is 0.130. The van der Waals surface area contributed by atoms with Crippen molar-refractivity contribution < 1.29 is 9.53 Å². The monoisotopic (exact) mass is 402 g/mol. The minimum Gasteiger partial charge on any atom is -0.496 e. The summed E-state index contributed by atoms with van der Waals surface area (Å²) in [5, 5.41) is 12.3. The summed E-state index contributed by atoms with van der Waals surface area (Å²) in [4.78, 5) is 14.5. The van der Waals surface area contributed by atoms with Crippen LogP contribution in [-0.2, 0) is 6.42 Å². The molecule has 29 heavy (non-hydrogen) atoms. The van der Waals surface area contributed by atoms with Gasteiger partial charge in [-0.15, -0.1) is 0 Å². The Bertz CT molecular complexity index is 1060. The molecule has 3 aromatic rings. The highest BCUT2D eigenvalue weighted by Crippen LogP contribution is 2.32. The average molecular weight is 403 g/mol. The van der Waals surface area contributed by atoms with Gasteiger partial charge in [-0.2, -0.15) is 5.26 Å². The Kier molecular flexibility index (Phi) is 6.94. The van der Waals surface area contributed by atoms with Gasteiger partial charge in [-0.3, -0.25) is 4.79 Å². The molecule has 4 nitrogen and oxygen atoms in total. The molecular weight excluding hydrogens is 380 g/mol. The standard InChI is InChI=1S/C24H22N2O2S/c1-17-11-12-21(28-2)18(15-17)13-14-26-24(27)20-8-4-6-10-23(20)29-22-9-5-3-7-19(22)16-25/h3-12,15H,13-14H2,1-2H3,(H,26,27). The van der Waals surface area contributed by atoms with E-state index in [0.717, 1.165) is 26.7 Å². The maximum absolute atomic E-state index is 12.8. The van der Waals surface area contributed by atoms with Gasteiger partial charge in [-0.05, 0) is 49.2 Å². The first-order chi connectivity index (χ1) is 14.1. The molecule has 0 saturated heterocycles. The number of hydrogen-bond donors (Lipinski definition) is 1. The predicted octanol–water partition coefficient (Wildman–Crippen LogP) is 5.00. The highest BCUT2D eigenvalue weighted by atomic mass is 32.2. The fourth-order valence-corrected chi connectivity index (χ4v) is 4.04. The molecule has 0 unspecified atom stereocenters. The van der Waals surface area contributed by atoms with E-state index in [1.165, 1.54) is 11.8 Å². The fraction of sp³-hybridized carbons (Fsp3) is 0.167. The fourth-order valence-electron chi connectivity index (χ4n) is 3.02. The zero-order valence-electron chi connectivity index (χ0n) is 16.4. The summed E-state index contributed by atoms with van der Waals surface area (Å²) in [7, 11) is 1.65. The minimum atomic E-state index is -0.130. The van der Waals surface area contributed by atoms with Crippen molar-refractivity contribution in [1.29, 1.82) is 5.26 Å². The number of rotatable bonds is 7. The van der Waals surface area contributed by atoms with Gasteiger partial charge in [0.05, 0.1) is 18.2 Å². The smallest absolute Gasteiger partial charge is 0.252 e. The van der Waals surface area contributed by atoms with Crippen molar-refractivity contribution in [2.45, 2.75) is 23.1 Å². The van der Waals surface area contributed by atoms with E-state index in [1.807, 2.05) is 55.5 Å². The molecule has 1 amide bonds. The van der Waals surface area contributed by atoms with Crippen molar-refractivity contribution >= 4 is 17.7 Å². The number of aryl methyl sites for hydroxylation is 1. The number of nitrogens with zero attached hydrogens (tertiary/aromatic N) is 1. The van der Waals surface area contributed by atoms with Crippen LogP contribution in [0, 0.1) is 18.3 Å². The van der Waals surface area contributed by atoms with Gasteiger partial charge in [0.1, 0.15) is 11.8 Å². The van der Waals surface area contributed by atoms with Crippen LogP contribution in [0.4, 0.5) is 0 Å². The van der Waals surface area contributed by atoms with Crippen LogP contribution in [-0.4, -0.2) is 19.6 Å². The molecule has 0 bridgehead atoms. The van der Waals surface area contributed by atoms with Crippen LogP contribution in [0.3, 0.4) is 0 Å². The number of nitriles is 1. The third-order valence-corrected chi connectivity index (χ3v) is 5.63. The lowest BCUT2D eigenvalue weighted by atomic mass is 10.1. The van der Waals surface area contributed by atoms with E-state index in [0.29, 0.717) is 24.1 Å². The van der Waals surface area contributed by atoms with Gasteiger partial charge in [0.25, 0.3) is 5.91 Å². The van der Waals surface area contributed by atoms with Gasteiger partial charge in [-0.25, -0.2) is 0 Å². The zero-order chi connectivity index (χ0) is 20.6. The number of nitrogens with one attached hydrogen (secondary N) is 1. The van der Waals surface area contributed by atoms with Gasteiger partial charge in [0, 0.05) is 16.3 Å². The third-order valence-electron chi connectivity index (χ3n) is 4.47. The molecule has 0 aliphatic rings. The summed E-state index contributed by atoms with van der Waals surface area (Å²) in [6, 6.07) is 23.1. The van der Waals surface area contributed by atoms with Crippen LogP contribution in [0.5, 0.6) is 5.75 Å². The highest BCUT2D eigenvalue weighted by Gasteiger charge is 2.13. The molecule has 0 aliphatic heterocycles. The van der Waals surface area contributed by atoms with Crippen LogP contribution >= 0.6 is 11.8 Å². The summed E-state index contributed by atoms with van der Waals surface area (Å²) in [5.74, 6) is 0.697. The second-order valence-corrected chi connectivity index (χ2v) is 7.61. The summed E-state index contributed by atoms with van der Waals surface area (Å²) >= 11 is 1.43. The van der Waals surface area contributed by atoms with Crippen molar-refractivity contribution in [3.8, 4) is 11.8 Å². The molecule has 0 aromatic heterocycles. The molecule has 0 saturated carbocycles. The number of methoxy groups -OCH3 is 1. The molecule has 0 aliphatic carbocycles. The van der Waals surface area contributed by atoms with Gasteiger partial charge in [0.2, 0.25) is 0 Å². The molecule has 0 heterocycles. The van der Waals surface area contributed by atoms with Crippen LogP contribution < -0.4 is 10.1 Å². The summed E-state index contributed by atoms with van der Waals surface area (Å²) < 4.78 is 5.41. The third kappa shape index (κ3) is 5.18. The molecule has 0 spiro atoms. The number of amides is 1. The number of carbonyl (C=O) groups excluding carboxylic acids is 1. The van der Waals surface area contributed by atoms with Crippen molar-refractivity contribution in [1.82, 2.24) is 5.32 Å². The number of hydrogen-bond acceptors (Lipinski definition) is 4. The van der Waals surface area contributed by atoms with Crippen molar-refractivity contribution in [2.24, 2.45) is 0 Å². The molecule has 146 valence electrons. The van der Waals surface area contributed by atoms with Crippen LogP contribution in [0.15, 0.2) is 76.5 Å². The Morgan fingerprint density at radius 2 is 1.79 bits per heavy atom. The largest absolute Gasteiger partial charge is 0.496 e. The van der Waals surface area contributed by atoms with Crippen molar-refractivity contribution in [3.63, 3.8) is 0 Å². The predicted molar refractivity (Wildman–Crippen MR) is 115 cm³/mol. The zero-order valence-corrected chi connectivity index (χ0v) is 17.3. The molecule has 5 heteroatoms. The van der Waals surface area contributed by atoms with E-state index >= 15 is 0 Å². The van der Waals surface area contributed by atoms with Gasteiger partial charge < -0.3 is 10.1 Å². The molecule has 0 atom stereocenters. The van der Waals surface area contributed by atoms with Crippen LogP contribution in [0.25, 0.3) is 0 Å². The SMILES string of the molecule is COc1ccc(C)cc1CCNC(=O)c1ccccc1Sc1ccccc1C#N. The second kappa shape index (κ2) is 9.81. The lowest BCUT2D eigenvalue weighted by Crippen LogP contribution is -2.26. The lowest BCUT2D eigenvalue weighted by molar-refractivity contribution is 0.0951. The first kappa shape index (κ1) is 20.5. The molecule has 1 N–H and O–H groups in total. The first-order valence-electron chi connectivity index (χ1n) is 9.30. The Morgan fingerprint density at radius 1 is 1.07 bits per heavy atom. The van der Waals surface area contributed by atoms with E-state index in [-0.39, 0.29) is 5.91 Å². The van der Waals surface area contributed by atoms with E-state index in [2.05, 4.69) is 17.5 Å². The molecule has 0 radical (unpaired) electrons. The second-order valence-electron chi connectivity index (χ2n) is 6.53. The van der Waals surface area contributed by atoms with Gasteiger partial charge in [0.15, 0.2) is 0 Å². The average Bonchev–Trinajstić information content (AvgIpc) is 2.74. The van der Waals surface area contributed by atoms with E-state index < -0.39 is 0 Å². The maximum atomic E-state index is 12.8. The Labute approximate surface area is 175 Å². The normalized spacial score (nSPS) is 10.2. The summed E-state index contributed by atoms with van der Waals surface area (Å²) in [6.45, 7) is 2.54. The maximum Gasteiger partial charge on any atom is 0.252 e. The van der Waals surface area contributed by atoms with Crippen LogP contribution in [0.1, 0.15) is 27.0 Å². The summed E-state index contributed by atoms with van der Waals surface area (Å²) in [5.41, 5.74) is 3.42. The van der Waals surface area contributed by atoms with E-state index in [4.69, 9.17) is 4.74 Å².